The lowest BCUT2D eigenvalue weighted by molar-refractivity contribution is -0.411. The SMILES string of the molecule is CC1=C(CC[C@]2(C)CC[C@@H]([C@@H](C)C(=O)O)OO2)C(C)(C)CCC1=O. The molecule has 0 amide bonds. The Morgan fingerprint density at radius 3 is 2.54 bits per heavy atom. The van der Waals surface area contributed by atoms with Crippen molar-refractivity contribution in [2.45, 2.75) is 84.8 Å². The second kappa shape index (κ2) is 6.96. The molecule has 3 atom stereocenters. The molecule has 136 valence electrons. The van der Waals surface area contributed by atoms with Crippen molar-refractivity contribution in [3.8, 4) is 0 Å². The second-order valence-corrected chi connectivity index (χ2v) is 8.24. The number of carboxylic acids is 1. The molecule has 0 bridgehead atoms. The van der Waals surface area contributed by atoms with Gasteiger partial charge in [0.25, 0.3) is 0 Å². The Morgan fingerprint density at radius 2 is 2.00 bits per heavy atom. The molecule has 1 aliphatic carbocycles. The van der Waals surface area contributed by atoms with Gasteiger partial charge >= 0.3 is 5.97 Å². The number of carboxylic acid groups (broad SMARTS) is 1. The summed E-state index contributed by atoms with van der Waals surface area (Å²) >= 11 is 0. The highest BCUT2D eigenvalue weighted by Gasteiger charge is 2.39. The van der Waals surface area contributed by atoms with Gasteiger partial charge in [0.1, 0.15) is 11.7 Å². The van der Waals surface area contributed by atoms with Gasteiger partial charge in [0.2, 0.25) is 0 Å². The van der Waals surface area contributed by atoms with E-state index in [4.69, 9.17) is 14.9 Å². The van der Waals surface area contributed by atoms with Gasteiger partial charge in [0.15, 0.2) is 5.78 Å². The molecule has 1 saturated heterocycles. The fourth-order valence-electron chi connectivity index (χ4n) is 3.73. The average Bonchev–Trinajstić information content (AvgIpc) is 2.51. The Balaban J connectivity index is 1.98. The van der Waals surface area contributed by atoms with E-state index in [0.717, 1.165) is 31.3 Å². The van der Waals surface area contributed by atoms with Crippen LogP contribution in [0.1, 0.15) is 73.1 Å². The molecule has 1 N–H and O–H groups in total. The lowest BCUT2D eigenvalue weighted by Gasteiger charge is -2.39. The zero-order chi connectivity index (χ0) is 18.1. The fraction of sp³-hybridized carbons (Fsp3) is 0.789. The molecule has 0 saturated carbocycles. The van der Waals surface area contributed by atoms with E-state index in [9.17, 15) is 9.59 Å². The van der Waals surface area contributed by atoms with E-state index in [1.54, 1.807) is 6.92 Å². The van der Waals surface area contributed by atoms with Gasteiger partial charge in [-0.2, -0.15) is 0 Å². The summed E-state index contributed by atoms with van der Waals surface area (Å²) in [5.41, 5.74) is 1.75. The molecule has 0 aromatic carbocycles. The third-order valence-corrected chi connectivity index (χ3v) is 5.85. The molecule has 2 rings (SSSR count). The zero-order valence-corrected chi connectivity index (χ0v) is 15.5. The number of Topliss-reactive ketones (excluding diaryl/α,β-unsaturated/α-hetero) is 1. The topological polar surface area (TPSA) is 72.8 Å². The molecular formula is C19H30O5. The summed E-state index contributed by atoms with van der Waals surface area (Å²) in [6.07, 6.45) is 4.14. The molecule has 0 unspecified atom stereocenters. The first-order valence-corrected chi connectivity index (χ1v) is 8.86. The summed E-state index contributed by atoms with van der Waals surface area (Å²) in [6.45, 7) is 9.97. The first-order chi connectivity index (χ1) is 11.1. The maximum absolute atomic E-state index is 12.0. The van der Waals surface area contributed by atoms with E-state index in [0.29, 0.717) is 12.8 Å². The van der Waals surface area contributed by atoms with E-state index < -0.39 is 23.6 Å². The van der Waals surface area contributed by atoms with Gasteiger partial charge in [0, 0.05) is 6.42 Å². The van der Waals surface area contributed by atoms with Crippen molar-refractivity contribution in [1.29, 1.82) is 0 Å². The van der Waals surface area contributed by atoms with Gasteiger partial charge in [-0.05, 0) is 63.9 Å². The van der Waals surface area contributed by atoms with Crippen molar-refractivity contribution in [1.82, 2.24) is 0 Å². The van der Waals surface area contributed by atoms with E-state index >= 15 is 0 Å². The lowest BCUT2D eigenvalue weighted by atomic mass is 9.70. The average molecular weight is 338 g/mol. The Kier molecular flexibility index (Phi) is 5.55. The van der Waals surface area contributed by atoms with Crippen molar-refractivity contribution in [2.24, 2.45) is 11.3 Å². The van der Waals surface area contributed by atoms with Gasteiger partial charge < -0.3 is 5.11 Å². The predicted molar refractivity (Wildman–Crippen MR) is 90.4 cm³/mol. The Labute approximate surface area is 144 Å². The normalized spacial score (nSPS) is 31.9. The number of allylic oxidation sites excluding steroid dienone is 2. The third kappa shape index (κ3) is 4.06. The van der Waals surface area contributed by atoms with E-state index in [-0.39, 0.29) is 11.2 Å². The van der Waals surface area contributed by atoms with Gasteiger partial charge in [-0.1, -0.05) is 19.4 Å². The fourth-order valence-corrected chi connectivity index (χ4v) is 3.73. The van der Waals surface area contributed by atoms with Gasteiger partial charge in [0.05, 0.1) is 5.92 Å². The quantitative estimate of drug-likeness (QED) is 0.765. The number of hydrogen-bond donors (Lipinski definition) is 1. The molecule has 24 heavy (non-hydrogen) atoms. The van der Waals surface area contributed by atoms with Crippen LogP contribution in [0.15, 0.2) is 11.1 Å². The highest BCUT2D eigenvalue weighted by atomic mass is 17.2. The molecule has 0 aromatic rings. The van der Waals surface area contributed by atoms with Crippen LogP contribution in [-0.4, -0.2) is 28.6 Å². The summed E-state index contributed by atoms with van der Waals surface area (Å²) < 4.78 is 0. The van der Waals surface area contributed by atoms with Crippen molar-refractivity contribution in [2.75, 3.05) is 0 Å². The largest absolute Gasteiger partial charge is 0.481 e. The van der Waals surface area contributed by atoms with Crippen molar-refractivity contribution in [3.05, 3.63) is 11.1 Å². The van der Waals surface area contributed by atoms with Crippen LogP contribution in [0.2, 0.25) is 0 Å². The highest BCUT2D eigenvalue weighted by Crippen LogP contribution is 2.43. The van der Waals surface area contributed by atoms with Crippen LogP contribution in [0.3, 0.4) is 0 Å². The Morgan fingerprint density at radius 1 is 1.33 bits per heavy atom. The molecule has 1 aliphatic heterocycles. The molecular weight excluding hydrogens is 308 g/mol. The molecule has 0 spiro atoms. The van der Waals surface area contributed by atoms with Crippen LogP contribution in [0, 0.1) is 11.3 Å². The third-order valence-electron chi connectivity index (χ3n) is 5.85. The number of ketones is 1. The molecule has 5 heteroatoms. The summed E-state index contributed by atoms with van der Waals surface area (Å²) in [5, 5.41) is 9.08. The Bertz CT molecular complexity index is 538. The first kappa shape index (κ1) is 19.1. The second-order valence-electron chi connectivity index (χ2n) is 8.24. The van der Waals surface area contributed by atoms with Crippen LogP contribution in [0.4, 0.5) is 0 Å². The van der Waals surface area contributed by atoms with Crippen LogP contribution < -0.4 is 0 Å². The zero-order valence-electron chi connectivity index (χ0n) is 15.5. The van der Waals surface area contributed by atoms with Crippen LogP contribution in [0.5, 0.6) is 0 Å². The van der Waals surface area contributed by atoms with E-state index in [1.165, 1.54) is 5.57 Å². The summed E-state index contributed by atoms with van der Waals surface area (Å²) in [4.78, 5) is 34.1. The standard InChI is InChI=1S/C19H30O5/c1-12-14(18(3,4)9-7-15(12)20)6-10-19(5)11-8-16(23-24-19)13(2)17(21)22/h13,16H,6-11H2,1-5H3,(H,21,22)/t13-,16+,19-/m1/s1. The predicted octanol–water partition coefficient (Wildman–Crippen LogP) is 4.06. The van der Waals surface area contributed by atoms with Crippen LogP contribution in [-0.2, 0) is 19.4 Å². The summed E-state index contributed by atoms with van der Waals surface area (Å²) in [6, 6.07) is 0. The minimum Gasteiger partial charge on any atom is -0.481 e. The molecule has 0 radical (unpaired) electrons. The number of rotatable bonds is 5. The summed E-state index contributed by atoms with van der Waals surface area (Å²) in [7, 11) is 0. The van der Waals surface area contributed by atoms with Crippen molar-refractivity contribution >= 4 is 11.8 Å². The van der Waals surface area contributed by atoms with Gasteiger partial charge in [-0.15, -0.1) is 0 Å². The molecule has 0 aromatic heterocycles. The number of hydrogen-bond acceptors (Lipinski definition) is 4. The molecule has 2 aliphatic rings. The highest BCUT2D eigenvalue weighted by molar-refractivity contribution is 5.96. The molecule has 1 heterocycles. The maximum Gasteiger partial charge on any atom is 0.308 e. The molecule has 1 fully saturated rings. The number of carbonyl (C=O) groups excluding carboxylic acids is 1. The van der Waals surface area contributed by atoms with Crippen molar-refractivity contribution < 1.29 is 24.5 Å². The van der Waals surface area contributed by atoms with Crippen LogP contribution in [0.25, 0.3) is 0 Å². The first-order valence-electron chi connectivity index (χ1n) is 8.86. The summed E-state index contributed by atoms with van der Waals surface area (Å²) in [5.74, 6) is -1.18. The van der Waals surface area contributed by atoms with Gasteiger partial charge in [-0.25, -0.2) is 9.78 Å². The lowest BCUT2D eigenvalue weighted by Crippen LogP contribution is -2.41. The van der Waals surface area contributed by atoms with E-state index in [1.807, 2.05) is 13.8 Å². The monoisotopic (exact) mass is 338 g/mol. The number of aliphatic carboxylic acids is 1. The molecule has 5 nitrogen and oxygen atoms in total. The minimum atomic E-state index is -0.865. The number of carbonyl (C=O) groups is 2. The maximum atomic E-state index is 12.0. The smallest absolute Gasteiger partial charge is 0.308 e. The van der Waals surface area contributed by atoms with Gasteiger partial charge in [-0.3, -0.25) is 9.59 Å². The van der Waals surface area contributed by atoms with Crippen molar-refractivity contribution in [3.63, 3.8) is 0 Å². The minimum absolute atomic E-state index is 0.0459. The van der Waals surface area contributed by atoms with Crippen LogP contribution >= 0.6 is 0 Å². The van der Waals surface area contributed by atoms with E-state index in [2.05, 4.69) is 13.8 Å². The Hall–Kier alpha value is -1.20.